The lowest BCUT2D eigenvalue weighted by atomic mass is 9.95. The topological polar surface area (TPSA) is 95.9 Å². The number of hydrogen-bond donors (Lipinski definition) is 2. The van der Waals surface area contributed by atoms with Gasteiger partial charge in [-0.25, -0.2) is 9.59 Å². The Labute approximate surface area is 159 Å². The Morgan fingerprint density at radius 1 is 1.26 bits per heavy atom. The fraction of sp³-hybridized carbons (Fsp3) is 0.450. The van der Waals surface area contributed by atoms with E-state index in [2.05, 4.69) is 5.32 Å². The molecule has 1 unspecified atom stereocenters. The first-order valence-corrected chi connectivity index (χ1v) is 9.15. The number of carboxylic acids is 1. The molecule has 0 bridgehead atoms. The van der Waals surface area contributed by atoms with Crippen molar-refractivity contribution in [2.45, 2.75) is 45.6 Å². The van der Waals surface area contributed by atoms with Crippen molar-refractivity contribution in [1.29, 1.82) is 0 Å². The molecule has 1 atom stereocenters. The first-order valence-electron chi connectivity index (χ1n) is 9.15. The number of ether oxygens (including phenoxy) is 1. The van der Waals surface area contributed by atoms with Gasteiger partial charge in [0.1, 0.15) is 0 Å². The largest absolute Gasteiger partial charge is 0.481 e. The Hall–Kier alpha value is -2.83. The molecule has 146 valence electrons. The third kappa shape index (κ3) is 5.57. The minimum atomic E-state index is -0.916. The predicted octanol–water partition coefficient (Wildman–Crippen LogP) is 2.71. The molecule has 0 aliphatic carbocycles. The third-order valence-electron chi connectivity index (χ3n) is 4.52. The fourth-order valence-corrected chi connectivity index (χ4v) is 3.18. The summed E-state index contributed by atoms with van der Waals surface area (Å²) in [5.41, 5.74) is 2.08. The average Bonchev–Trinajstić information content (AvgIpc) is 2.63. The molecule has 1 aromatic rings. The molecule has 2 amide bonds. The van der Waals surface area contributed by atoms with Gasteiger partial charge in [0, 0.05) is 18.7 Å². The number of carboxylic acid groups (broad SMARTS) is 1. The van der Waals surface area contributed by atoms with E-state index >= 15 is 0 Å². The number of esters is 1. The number of carbonyl (C=O) groups is 3. The number of rotatable bonds is 9. The number of nitrogens with zero attached hydrogens (tertiary/aromatic N) is 1. The van der Waals surface area contributed by atoms with E-state index in [9.17, 15) is 14.4 Å². The van der Waals surface area contributed by atoms with Crippen LogP contribution in [0.2, 0.25) is 0 Å². The normalized spacial score (nSPS) is 16.9. The first kappa shape index (κ1) is 20.5. The zero-order chi connectivity index (χ0) is 19.8. The van der Waals surface area contributed by atoms with Gasteiger partial charge < -0.3 is 15.2 Å². The van der Waals surface area contributed by atoms with Crippen molar-refractivity contribution in [1.82, 2.24) is 10.2 Å². The molecule has 1 aliphatic heterocycles. The van der Waals surface area contributed by atoms with Crippen LogP contribution >= 0.6 is 0 Å². The smallest absolute Gasteiger partial charge is 0.337 e. The highest BCUT2D eigenvalue weighted by Crippen LogP contribution is 2.24. The maximum absolute atomic E-state index is 12.5. The van der Waals surface area contributed by atoms with Crippen LogP contribution in [0.15, 0.2) is 41.6 Å². The number of urea groups is 1. The van der Waals surface area contributed by atoms with Gasteiger partial charge in [0.2, 0.25) is 0 Å². The Bertz CT molecular complexity index is 714. The number of aliphatic carboxylic acids is 1. The molecule has 1 aromatic carbocycles. The highest BCUT2D eigenvalue weighted by Gasteiger charge is 2.35. The van der Waals surface area contributed by atoms with Crippen LogP contribution in [0.25, 0.3) is 0 Å². The van der Waals surface area contributed by atoms with E-state index in [1.807, 2.05) is 30.3 Å². The fourth-order valence-electron chi connectivity index (χ4n) is 3.18. The van der Waals surface area contributed by atoms with E-state index in [1.54, 1.807) is 13.8 Å². The lowest BCUT2D eigenvalue weighted by molar-refractivity contribution is -0.139. The van der Waals surface area contributed by atoms with Crippen molar-refractivity contribution < 1.29 is 24.2 Å². The molecule has 1 aliphatic rings. The molecule has 1 heterocycles. The predicted molar refractivity (Wildman–Crippen MR) is 100.0 cm³/mol. The number of amides is 2. The Balaban J connectivity index is 2.19. The molecule has 7 nitrogen and oxygen atoms in total. The second kappa shape index (κ2) is 9.75. The number of allylic oxidation sites excluding steroid dienone is 1. The van der Waals surface area contributed by atoms with Crippen LogP contribution < -0.4 is 5.32 Å². The van der Waals surface area contributed by atoms with Gasteiger partial charge in [0.15, 0.2) is 0 Å². The molecule has 0 fully saturated rings. The molecule has 0 aromatic heterocycles. The molecule has 2 N–H and O–H groups in total. The number of nitrogens with one attached hydrogen (secondary N) is 1. The number of carbonyl (C=O) groups excluding carboxylic acids is 2. The van der Waals surface area contributed by atoms with E-state index in [0.29, 0.717) is 30.5 Å². The Kier molecular flexibility index (Phi) is 7.40. The minimum absolute atomic E-state index is 0.0385. The van der Waals surface area contributed by atoms with Gasteiger partial charge in [0.25, 0.3) is 0 Å². The van der Waals surface area contributed by atoms with Gasteiger partial charge in [-0.05, 0) is 38.7 Å². The molecular weight excluding hydrogens is 348 g/mol. The van der Waals surface area contributed by atoms with Crippen LogP contribution in [-0.4, -0.2) is 47.2 Å². The van der Waals surface area contributed by atoms with Crippen molar-refractivity contribution in [2.75, 3.05) is 13.2 Å². The zero-order valence-electron chi connectivity index (χ0n) is 15.7. The van der Waals surface area contributed by atoms with Crippen LogP contribution in [0.3, 0.4) is 0 Å². The van der Waals surface area contributed by atoms with Crippen molar-refractivity contribution in [2.24, 2.45) is 0 Å². The van der Waals surface area contributed by atoms with Crippen molar-refractivity contribution in [3.8, 4) is 0 Å². The highest BCUT2D eigenvalue weighted by atomic mass is 16.5. The summed E-state index contributed by atoms with van der Waals surface area (Å²) in [6.45, 7) is 3.92. The maximum atomic E-state index is 12.5. The molecule has 7 heteroatoms. The van der Waals surface area contributed by atoms with Crippen molar-refractivity contribution in [3.63, 3.8) is 0 Å². The summed E-state index contributed by atoms with van der Waals surface area (Å²) < 4.78 is 5.19. The van der Waals surface area contributed by atoms with Gasteiger partial charge in [-0.1, -0.05) is 30.3 Å². The summed E-state index contributed by atoms with van der Waals surface area (Å²) >= 11 is 0. The number of aryl methyl sites for hydroxylation is 1. The average molecular weight is 374 g/mol. The van der Waals surface area contributed by atoms with Gasteiger partial charge in [0.05, 0.1) is 18.2 Å². The van der Waals surface area contributed by atoms with Crippen LogP contribution in [0, 0.1) is 0 Å². The van der Waals surface area contributed by atoms with Gasteiger partial charge in [-0.2, -0.15) is 0 Å². The molecule has 2 rings (SSSR count). The third-order valence-corrected chi connectivity index (χ3v) is 4.52. The highest BCUT2D eigenvalue weighted by molar-refractivity contribution is 5.94. The van der Waals surface area contributed by atoms with Crippen molar-refractivity contribution in [3.05, 3.63) is 47.2 Å². The van der Waals surface area contributed by atoms with E-state index in [-0.39, 0.29) is 25.6 Å². The zero-order valence-corrected chi connectivity index (χ0v) is 15.7. The summed E-state index contributed by atoms with van der Waals surface area (Å²) in [7, 11) is 0. The van der Waals surface area contributed by atoms with Crippen LogP contribution in [0.1, 0.15) is 38.7 Å². The van der Waals surface area contributed by atoms with E-state index in [1.165, 1.54) is 4.90 Å². The van der Waals surface area contributed by atoms with Gasteiger partial charge >= 0.3 is 18.0 Å². The van der Waals surface area contributed by atoms with Crippen molar-refractivity contribution >= 4 is 18.0 Å². The summed E-state index contributed by atoms with van der Waals surface area (Å²) in [4.78, 5) is 37.2. The summed E-state index contributed by atoms with van der Waals surface area (Å²) in [6.07, 6.45) is 1.55. The van der Waals surface area contributed by atoms with Gasteiger partial charge in [-0.3, -0.25) is 9.69 Å². The molecule has 27 heavy (non-hydrogen) atoms. The number of hydrogen-bond acceptors (Lipinski definition) is 4. The van der Waals surface area contributed by atoms with E-state index in [4.69, 9.17) is 9.84 Å². The maximum Gasteiger partial charge on any atom is 0.337 e. The van der Waals surface area contributed by atoms with Gasteiger partial charge in [-0.15, -0.1) is 0 Å². The first-order chi connectivity index (χ1) is 12.9. The number of benzene rings is 1. The molecule has 0 saturated heterocycles. The van der Waals surface area contributed by atoms with Crippen LogP contribution in [0.5, 0.6) is 0 Å². The lowest BCUT2D eigenvalue weighted by Gasteiger charge is -2.35. The van der Waals surface area contributed by atoms with Crippen LogP contribution in [0.4, 0.5) is 4.79 Å². The second-order valence-electron chi connectivity index (χ2n) is 6.39. The quantitative estimate of drug-likeness (QED) is 0.648. The molecular formula is C20H26N2O5. The second-order valence-corrected chi connectivity index (χ2v) is 6.39. The summed E-state index contributed by atoms with van der Waals surface area (Å²) in [5, 5.41) is 11.7. The minimum Gasteiger partial charge on any atom is -0.481 e. The molecule has 0 spiro atoms. The Morgan fingerprint density at radius 3 is 2.59 bits per heavy atom. The van der Waals surface area contributed by atoms with E-state index < -0.39 is 18.0 Å². The standard InChI is InChI=1S/C20H26N2O5/c1-3-27-19(25)18-14(2)22(13-7-10-17(23)24)20(26)21-16(18)12-11-15-8-5-4-6-9-15/h4-6,8-9,16H,3,7,10-13H2,1-2H3,(H,21,26)(H,23,24). The van der Waals surface area contributed by atoms with E-state index in [0.717, 1.165) is 5.56 Å². The lowest BCUT2D eigenvalue weighted by Crippen LogP contribution is -2.52. The Morgan fingerprint density at radius 2 is 1.96 bits per heavy atom. The summed E-state index contributed by atoms with van der Waals surface area (Å²) in [5.74, 6) is -1.36. The summed E-state index contributed by atoms with van der Waals surface area (Å²) in [6, 6.07) is 9.09. The van der Waals surface area contributed by atoms with Crippen LogP contribution in [-0.2, 0) is 20.7 Å². The molecule has 0 radical (unpaired) electrons. The molecule has 0 saturated carbocycles. The SMILES string of the molecule is CCOC(=O)C1=C(C)N(CCCC(=O)O)C(=O)NC1CCc1ccccc1. The monoisotopic (exact) mass is 374 g/mol.